The van der Waals surface area contributed by atoms with E-state index in [1.807, 2.05) is 31.2 Å². The molecule has 0 spiro atoms. The number of carbonyl (C=O) groups is 1. The van der Waals surface area contributed by atoms with Crippen molar-refractivity contribution in [3.8, 4) is 17.2 Å². The third-order valence-electron chi connectivity index (χ3n) is 5.19. The number of amides is 1. The molecule has 0 aliphatic carbocycles. The second kappa shape index (κ2) is 10.9. The SMILES string of the molecule is CCOc1ccc(CNC(=O)c2ccc(N(C)S(=O)(=O)c3ccc(OC)c(OC)c3)cc2)cc1. The molecular weight excluding hydrogens is 456 g/mol. The van der Waals surface area contributed by atoms with E-state index >= 15 is 0 Å². The molecule has 0 aromatic heterocycles. The topological polar surface area (TPSA) is 94.2 Å². The first kappa shape index (κ1) is 24.9. The summed E-state index contributed by atoms with van der Waals surface area (Å²) in [5, 5.41) is 2.86. The van der Waals surface area contributed by atoms with Crippen molar-refractivity contribution < 1.29 is 27.4 Å². The number of rotatable bonds is 10. The third-order valence-corrected chi connectivity index (χ3v) is 6.98. The summed E-state index contributed by atoms with van der Waals surface area (Å²) in [5.41, 5.74) is 1.78. The standard InChI is InChI=1S/C25H28N2O6S/c1-5-33-21-12-6-18(7-13-21)17-26-25(28)19-8-10-20(11-9-19)27(2)34(29,30)22-14-15-23(31-3)24(16-22)32-4/h6-16H,5,17H2,1-4H3,(H,26,28). The van der Waals surface area contributed by atoms with Crippen molar-refractivity contribution in [1.29, 1.82) is 0 Å². The first-order chi connectivity index (χ1) is 16.3. The van der Waals surface area contributed by atoms with E-state index < -0.39 is 10.0 Å². The fourth-order valence-corrected chi connectivity index (χ4v) is 4.46. The summed E-state index contributed by atoms with van der Waals surface area (Å²) in [6.07, 6.45) is 0. The van der Waals surface area contributed by atoms with Gasteiger partial charge in [0.2, 0.25) is 0 Å². The molecule has 0 aliphatic rings. The van der Waals surface area contributed by atoms with E-state index in [2.05, 4.69) is 5.32 Å². The Balaban J connectivity index is 1.68. The maximum absolute atomic E-state index is 13.1. The van der Waals surface area contributed by atoms with Crippen LogP contribution in [-0.4, -0.2) is 42.2 Å². The molecule has 3 rings (SSSR count). The largest absolute Gasteiger partial charge is 0.494 e. The van der Waals surface area contributed by atoms with Crippen molar-refractivity contribution in [2.75, 3.05) is 32.2 Å². The van der Waals surface area contributed by atoms with Crippen LogP contribution in [0.25, 0.3) is 0 Å². The first-order valence-corrected chi connectivity index (χ1v) is 12.0. The Morgan fingerprint density at radius 2 is 1.56 bits per heavy atom. The number of hydrogen-bond acceptors (Lipinski definition) is 6. The fourth-order valence-electron chi connectivity index (χ4n) is 3.25. The molecule has 0 saturated heterocycles. The molecular formula is C25H28N2O6S. The van der Waals surface area contributed by atoms with Gasteiger partial charge in [0, 0.05) is 25.2 Å². The van der Waals surface area contributed by atoms with E-state index in [0.29, 0.717) is 35.9 Å². The summed E-state index contributed by atoms with van der Waals surface area (Å²) >= 11 is 0. The zero-order valence-corrected chi connectivity index (χ0v) is 20.4. The lowest BCUT2D eigenvalue weighted by Crippen LogP contribution is -2.27. The van der Waals surface area contributed by atoms with E-state index in [9.17, 15) is 13.2 Å². The number of benzene rings is 3. The molecule has 8 nitrogen and oxygen atoms in total. The van der Waals surface area contributed by atoms with Gasteiger partial charge < -0.3 is 19.5 Å². The van der Waals surface area contributed by atoms with Gasteiger partial charge in [0.1, 0.15) is 5.75 Å². The Morgan fingerprint density at radius 1 is 0.912 bits per heavy atom. The number of sulfonamides is 1. The van der Waals surface area contributed by atoms with Crippen LogP contribution in [0.5, 0.6) is 17.2 Å². The Bertz CT molecular complexity index is 1230. The van der Waals surface area contributed by atoms with Crippen LogP contribution in [0, 0.1) is 0 Å². The quantitative estimate of drug-likeness (QED) is 0.470. The molecule has 0 heterocycles. The molecule has 0 bridgehead atoms. The van der Waals surface area contributed by atoms with Crippen molar-refractivity contribution >= 4 is 21.6 Å². The van der Waals surface area contributed by atoms with E-state index in [1.54, 1.807) is 24.3 Å². The van der Waals surface area contributed by atoms with Crippen LogP contribution in [-0.2, 0) is 16.6 Å². The lowest BCUT2D eigenvalue weighted by molar-refractivity contribution is 0.0951. The minimum Gasteiger partial charge on any atom is -0.494 e. The smallest absolute Gasteiger partial charge is 0.264 e. The van der Waals surface area contributed by atoms with Crippen LogP contribution in [0.4, 0.5) is 5.69 Å². The van der Waals surface area contributed by atoms with Gasteiger partial charge in [-0.3, -0.25) is 9.10 Å². The van der Waals surface area contributed by atoms with Gasteiger partial charge in [-0.15, -0.1) is 0 Å². The van der Waals surface area contributed by atoms with Crippen molar-refractivity contribution in [2.45, 2.75) is 18.4 Å². The van der Waals surface area contributed by atoms with Gasteiger partial charge >= 0.3 is 0 Å². The summed E-state index contributed by atoms with van der Waals surface area (Å²) in [5.74, 6) is 1.27. The van der Waals surface area contributed by atoms with Gasteiger partial charge in [-0.2, -0.15) is 0 Å². The van der Waals surface area contributed by atoms with E-state index in [1.165, 1.54) is 39.5 Å². The number of nitrogens with one attached hydrogen (secondary N) is 1. The Hall–Kier alpha value is -3.72. The van der Waals surface area contributed by atoms with Crippen LogP contribution in [0.3, 0.4) is 0 Å². The zero-order valence-electron chi connectivity index (χ0n) is 19.6. The highest BCUT2D eigenvalue weighted by atomic mass is 32.2. The monoisotopic (exact) mass is 484 g/mol. The molecule has 3 aromatic carbocycles. The second-order valence-electron chi connectivity index (χ2n) is 7.30. The van der Waals surface area contributed by atoms with Crippen LogP contribution >= 0.6 is 0 Å². The van der Waals surface area contributed by atoms with Crippen LogP contribution in [0.15, 0.2) is 71.6 Å². The maximum Gasteiger partial charge on any atom is 0.264 e. The molecule has 0 aliphatic heterocycles. The molecule has 0 saturated carbocycles. The number of methoxy groups -OCH3 is 2. The summed E-state index contributed by atoms with van der Waals surface area (Å²) in [7, 11) is 0.524. The lowest BCUT2D eigenvalue weighted by Gasteiger charge is -2.20. The molecule has 1 N–H and O–H groups in total. The minimum atomic E-state index is -3.85. The highest BCUT2D eigenvalue weighted by Gasteiger charge is 2.23. The average Bonchev–Trinajstić information content (AvgIpc) is 2.87. The normalized spacial score (nSPS) is 10.9. The highest BCUT2D eigenvalue weighted by molar-refractivity contribution is 7.92. The number of hydrogen-bond donors (Lipinski definition) is 1. The first-order valence-electron chi connectivity index (χ1n) is 10.6. The maximum atomic E-state index is 13.1. The molecule has 1 amide bonds. The van der Waals surface area contributed by atoms with Crippen molar-refractivity contribution in [3.05, 3.63) is 77.9 Å². The molecule has 0 atom stereocenters. The van der Waals surface area contributed by atoms with Gasteiger partial charge in [-0.25, -0.2) is 8.42 Å². The molecule has 0 fully saturated rings. The van der Waals surface area contributed by atoms with E-state index in [4.69, 9.17) is 14.2 Å². The van der Waals surface area contributed by atoms with Gasteiger partial charge in [-0.1, -0.05) is 12.1 Å². The number of carbonyl (C=O) groups excluding carboxylic acids is 1. The molecule has 3 aromatic rings. The van der Waals surface area contributed by atoms with E-state index in [-0.39, 0.29) is 10.8 Å². The predicted molar refractivity (Wildman–Crippen MR) is 130 cm³/mol. The lowest BCUT2D eigenvalue weighted by atomic mass is 10.1. The highest BCUT2D eigenvalue weighted by Crippen LogP contribution is 2.31. The minimum absolute atomic E-state index is 0.0600. The van der Waals surface area contributed by atoms with Gasteiger partial charge in [0.05, 0.1) is 31.4 Å². The number of anilines is 1. The third kappa shape index (κ3) is 5.60. The van der Waals surface area contributed by atoms with Crippen molar-refractivity contribution in [3.63, 3.8) is 0 Å². The molecule has 180 valence electrons. The molecule has 0 unspecified atom stereocenters. The van der Waals surface area contributed by atoms with Gasteiger partial charge in [0.25, 0.3) is 15.9 Å². The van der Waals surface area contributed by atoms with Gasteiger partial charge in [-0.05, 0) is 61.0 Å². The number of ether oxygens (including phenoxy) is 3. The molecule has 34 heavy (non-hydrogen) atoms. The Kier molecular flexibility index (Phi) is 8.01. The zero-order chi connectivity index (χ0) is 24.7. The van der Waals surface area contributed by atoms with Crippen LogP contribution < -0.4 is 23.8 Å². The fraction of sp³-hybridized carbons (Fsp3) is 0.240. The number of nitrogens with zero attached hydrogens (tertiary/aromatic N) is 1. The summed E-state index contributed by atoms with van der Waals surface area (Å²) in [6.45, 7) is 2.88. The van der Waals surface area contributed by atoms with Crippen LogP contribution in [0.2, 0.25) is 0 Å². The van der Waals surface area contributed by atoms with Crippen molar-refractivity contribution in [2.24, 2.45) is 0 Å². The molecule has 0 radical (unpaired) electrons. The Morgan fingerprint density at radius 3 is 2.15 bits per heavy atom. The van der Waals surface area contributed by atoms with Crippen LogP contribution in [0.1, 0.15) is 22.8 Å². The summed E-state index contributed by atoms with van der Waals surface area (Å²) in [4.78, 5) is 12.6. The second-order valence-corrected chi connectivity index (χ2v) is 9.27. The molecule has 9 heteroatoms. The van der Waals surface area contributed by atoms with Gasteiger partial charge in [0.15, 0.2) is 11.5 Å². The summed E-state index contributed by atoms with van der Waals surface area (Å²) in [6, 6.07) is 18.2. The Labute approximate surface area is 200 Å². The predicted octanol–water partition coefficient (Wildman–Crippen LogP) is 3.86. The van der Waals surface area contributed by atoms with E-state index in [0.717, 1.165) is 15.6 Å². The van der Waals surface area contributed by atoms with Crippen molar-refractivity contribution in [1.82, 2.24) is 5.32 Å². The average molecular weight is 485 g/mol. The summed E-state index contributed by atoms with van der Waals surface area (Å²) < 4.78 is 43.1.